The lowest BCUT2D eigenvalue weighted by Crippen LogP contribution is -2.36. The van der Waals surface area contributed by atoms with Crippen molar-refractivity contribution < 1.29 is 4.74 Å². The minimum Gasteiger partial charge on any atom is -0.383 e. The van der Waals surface area contributed by atoms with E-state index in [1.54, 1.807) is 7.11 Å². The number of aromatic nitrogens is 1. The van der Waals surface area contributed by atoms with E-state index in [2.05, 4.69) is 48.6 Å². The molecule has 0 aromatic carbocycles. The smallest absolute Gasteiger partial charge is 0.0637 e. The van der Waals surface area contributed by atoms with E-state index < -0.39 is 0 Å². The van der Waals surface area contributed by atoms with Gasteiger partial charge in [0.2, 0.25) is 0 Å². The minimum absolute atomic E-state index is 0.0862. The van der Waals surface area contributed by atoms with Crippen LogP contribution >= 0.6 is 0 Å². The highest BCUT2D eigenvalue weighted by molar-refractivity contribution is 5.52. The molecular weight excluding hydrogens is 250 g/mol. The molecule has 1 N–H and O–H groups in total. The lowest BCUT2D eigenvalue weighted by atomic mass is 10.1. The summed E-state index contributed by atoms with van der Waals surface area (Å²) in [6, 6.07) is 2.05. The molecule has 4 heteroatoms. The van der Waals surface area contributed by atoms with Crippen LogP contribution in [0.5, 0.6) is 0 Å². The molecule has 4 nitrogen and oxygen atoms in total. The maximum absolute atomic E-state index is 5.19. The molecule has 1 heterocycles. The second-order valence-corrected chi connectivity index (χ2v) is 5.84. The van der Waals surface area contributed by atoms with Crippen molar-refractivity contribution in [2.45, 2.75) is 32.9 Å². The highest BCUT2D eigenvalue weighted by Gasteiger charge is 2.13. The molecule has 0 aliphatic carbocycles. The van der Waals surface area contributed by atoms with E-state index in [0.29, 0.717) is 6.61 Å². The Kier molecular flexibility index (Phi) is 6.68. The van der Waals surface area contributed by atoms with Crippen molar-refractivity contribution in [1.82, 2.24) is 10.3 Å². The van der Waals surface area contributed by atoms with Crippen LogP contribution in [0.3, 0.4) is 0 Å². The maximum Gasteiger partial charge on any atom is 0.0637 e. The summed E-state index contributed by atoms with van der Waals surface area (Å²) < 4.78 is 5.19. The van der Waals surface area contributed by atoms with E-state index in [1.807, 2.05) is 18.5 Å². The Labute approximate surface area is 122 Å². The molecular formula is C16H27N3O. The molecule has 1 rings (SSSR count). The van der Waals surface area contributed by atoms with E-state index in [9.17, 15) is 0 Å². The number of methoxy groups -OCH3 is 1. The zero-order chi connectivity index (χ0) is 15.0. The average Bonchev–Trinajstić information content (AvgIpc) is 2.41. The number of hydrogen-bond donors (Lipinski definition) is 1. The van der Waals surface area contributed by atoms with Crippen LogP contribution in [0.25, 0.3) is 0 Å². The van der Waals surface area contributed by atoms with Crippen LogP contribution in [-0.2, 0) is 11.3 Å². The number of ether oxygens (including phenoxy) is 1. The van der Waals surface area contributed by atoms with E-state index in [4.69, 9.17) is 4.74 Å². The molecule has 0 saturated carbocycles. The van der Waals surface area contributed by atoms with Crippen molar-refractivity contribution in [3.05, 3.63) is 36.7 Å². The van der Waals surface area contributed by atoms with Gasteiger partial charge >= 0.3 is 0 Å². The topological polar surface area (TPSA) is 37.4 Å². The fourth-order valence-corrected chi connectivity index (χ4v) is 1.89. The number of rotatable bonds is 8. The highest BCUT2D eigenvalue weighted by Crippen LogP contribution is 2.20. The van der Waals surface area contributed by atoms with Gasteiger partial charge in [-0.3, -0.25) is 4.98 Å². The van der Waals surface area contributed by atoms with Gasteiger partial charge in [-0.15, -0.1) is 6.58 Å². The molecule has 0 bridgehead atoms. The minimum atomic E-state index is 0.0862. The van der Waals surface area contributed by atoms with Crippen molar-refractivity contribution in [3.8, 4) is 0 Å². The Balaban J connectivity index is 2.87. The number of nitrogens with zero attached hydrogens (tertiary/aromatic N) is 2. The monoisotopic (exact) mass is 277 g/mol. The maximum atomic E-state index is 5.19. The summed E-state index contributed by atoms with van der Waals surface area (Å²) in [5.74, 6) is 0. The first-order valence-corrected chi connectivity index (χ1v) is 7.00. The van der Waals surface area contributed by atoms with Gasteiger partial charge in [0.25, 0.3) is 0 Å². The van der Waals surface area contributed by atoms with Gasteiger partial charge < -0.3 is 15.0 Å². The van der Waals surface area contributed by atoms with Gasteiger partial charge in [0.15, 0.2) is 0 Å². The van der Waals surface area contributed by atoms with Crippen LogP contribution in [0.4, 0.5) is 5.69 Å². The molecule has 1 aromatic rings. The lowest BCUT2D eigenvalue weighted by molar-refractivity contribution is 0.205. The third-order valence-corrected chi connectivity index (χ3v) is 2.94. The van der Waals surface area contributed by atoms with Crippen molar-refractivity contribution in [2.24, 2.45) is 0 Å². The van der Waals surface area contributed by atoms with Crippen molar-refractivity contribution in [3.63, 3.8) is 0 Å². The number of pyridine rings is 1. The van der Waals surface area contributed by atoms with Gasteiger partial charge in [-0.05, 0) is 26.8 Å². The second-order valence-electron chi connectivity index (χ2n) is 5.84. The predicted octanol–water partition coefficient (Wildman–Crippen LogP) is 2.61. The van der Waals surface area contributed by atoms with Crippen LogP contribution in [0.15, 0.2) is 31.1 Å². The van der Waals surface area contributed by atoms with Crippen LogP contribution in [0.2, 0.25) is 0 Å². The second kappa shape index (κ2) is 8.02. The van der Waals surface area contributed by atoms with Crippen LogP contribution in [0.1, 0.15) is 26.3 Å². The summed E-state index contributed by atoms with van der Waals surface area (Å²) in [6.45, 7) is 13.5. The molecule has 0 atom stereocenters. The fourth-order valence-electron chi connectivity index (χ4n) is 1.89. The summed E-state index contributed by atoms with van der Waals surface area (Å²) in [7, 11) is 1.72. The van der Waals surface area contributed by atoms with Crippen LogP contribution in [-0.4, -0.2) is 37.3 Å². The number of nitrogens with one attached hydrogen (secondary N) is 1. The molecule has 112 valence electrons. The van der Waals surface area contributed by atoms with E-state index in [1.165, 1.54) is 11.3 Å². The zero-order valence-electron chi connectivity index (χ0n) is 13.1. The van der Waals surface area contributed by atoms with Crippen LogP contribution in [0, 0.1) is 0 Å². The molecule has 0 saturated heterocycles. The summed E-state index contributed by atoms with van der Waals surface area (Å²) >= 11 is 0. The standard InChI is InChI=1S/C16H27N3O/c1-6-9-19(10-11-20-5)15-7-8-17-12-14(15)13-18-16(2,3)4/h6-8,12,18H,1,9-11,13H2,2-5H3. The van der Waals surface area contributed by atoms with Gasteiger partial charge in [-0.1, -0.05) is 6.08 Å². The molecule has 0 aliphatic heterocycles. The third-order valence-electron chi connectivity index (χ3n) is 2.94. The molecule has 0 spiro atoms. The fraction of sp³-hybridized carbons (Fsp3) is 0.562. The number of anilines is 1. The van der Waals surface area contributed by atoms with E-state index in [0.717, 1.165) is 19.6 Å². The Morgan fingerprint density at radius 2 is 2.20 bits per heavy atom. The van der Waals surface area contributed by atoms with Crippen LogP contribution < -0.4 is 10.2 Å². The van der Waals surface area contributed by atoms with Gasteiger partial charge in [-0.2, -0.15) is 0 Å². The molecule has 1 aromatic heterocycles. The summed E-state index contributed by atoms with van der Waals surface area (Å²) in [5.41, 5.74) is 2.47. The Bertz CT molecular complexity index is 412. The first-order valence-electron chi connectivity index (χ1n) is 7.00. The van der Waals surface area contributed by atoms with Crippen molar-refractivity contribution in [2.75, 3.05) is 31.7 Å². The van der Waals surface area contributed by atoms with Gasteiger partial charge in [0.05, 0.1) is 6.61 Å². The summed E-state index contributed by atoms with van der Waals surface area (Å²) in [4.78, 5) is 6.51. The first kappa shape index (κ1) is 16.7. The molecule has 0 aliphatic rings. The largest absolute Gasteiger partial charge is 0.383 e. The first-order chi connectivity index (χ1) is 9.48. The summed E-state index contributed by atoms with van der Waals surface area (Å²) in [5, 5.41) is 3.51. The molecule has 0 amide bonds. The predicted molar refractivity (Wildman–Crippen MR) is 85.1 cm³/mol. The molecule has 0 fully saturated rings. The third kappa shape index (κ3) is 5.72. The zero-order valence-corrected chi connectivity index (χ0v) is 13.1. The quantitative estimate of drug-likeness (QED) is 0.741. The molecule has 20 heavy (non-hydrogen) atoms. The summed E-state index contributed by atoms with van der Waals surface area (Å²) in [6.07, 6.45) is 5.67. The molecule has 0 radical (unpaired) electrons. The number of hydrogen-bond acceptors (Lipinski definition) is 4. The Morgan fingerprint density at radius 3 is 2.80 bits per heavy atom. The Morgan fingerprint density at radius 1 is 1.45 bits per heavy atom. The SMILES string of the molecule is C=CCN(CCOC)c1ccncc1CNC(C)(C)C. The molecule has 0 unspecified atom stereocenters. The average molecular weight is 277 g/mol. The van der Waals surface area contributed by atoms with Gasteiger partial charge in [0.1, 0.15) is 0 Å². The van der Waals surface area contributed by atoms with Crippen molar-refractivity contribution in [1.29, 1.82) is 0 Å². The Hall–Kier alpha value is -1.39. The normalized spacial score (nSPS) is 11.4. The van der Waals surface area contributed by atoms with E-state index in [-0.39, 0.29) is 5.54 Å². The van der Waals surface area contributed by atoms with Gasteiger partial charge in [-0.25, -0.2) is 0 Å². The highest BCUT2D eigenvalue weighted by atomic mass is 16.5. The van der Waals surface area contributed by atoms with Crippen molar-refractivity contribution >= 4 is 5.69 Å². The van der Waals surface area contributed by atoms with Gasteiger partial charge in [0, 0.05) is 55.9 Å². The lowest BCUT2D eigenvalue weighted by Gasteiger charge is -2.27. The van der Waals surface area contributed by atoms with E-state index >= 15 is 0 Å².